The Labute approximate surface area is 131 Å². The van der Waals surface area contributed by atoms with Gasteiger partial charge in [-0.1, -0.05) is 13.8 Å². The van der Waals surface area contributed by atoms with Gasteiger partial charge in [0.25, 0.3) is 0 Å². The van der Waals surface area contributed by atoms with E-state index in [1.807, 2.05) is 27.7 Å². The molecule has 8 heteroatoms. The largest absolute Gasteiger partial charge is 0.480 e. The number of hydrogen-bond donors (Lipinski definition) is 2. The molecule has 1 aliphatic heterocycles. The number of thiazole rings is 1. The van der Waals surface area contributed by atoms with Crippen LogP contribution in [-0.4, -0.2) is 44.2 Å². The van der Waals surface area contributed by atoms with Crippen molar-refractivity contribution in [3.63, 3.8) is 0 Å². The average molecular weight is 329 g/mol. The van der Waals surface area contributed by atoms with Crippen LogP contribution < -0.4 is 5.32 Å². The zero-order valence-corrected chi connectivity index (χ0v) is 14.0. The highest BCUT2D eigenvalue weighted by molar-refractivity contribution is 8.00. The predicted molar refractivity (Wildman–Crippen MR) is 85.0 cm³/mol. The van der Waals surface area contributed by atoms with Gasteiger partial charge >= 0.3 is 12.0 Å². The molecule has 0 bridgehead atoms. The average Bonchev–Trinajstić information content (AvgIpc) is 2.94. The molecule has 0 radical (unpaired) electrons. The van der Waals surface area contributed by atoms with E-state index in [0.717, 1.165) is 10.6 Å². The fraction of sp³-hybridized carbons (Fsp3) is 0.615. The van der Waals surface area contributed by atoms with Crippen LogP contribution in [0.1, 0.15) is 24.4 Å². The lowest BCUT2D eigenvalue weighted by molar-refractivity contribution is -0.141. The summed E-state index contributed by atoms with van der Waals surface area (Å²) in [7, 11) is 0. The Kier molecular flexibility index (Phi) is 4.77. The summed E-state index contributed by atoms with van der Waals surface area (Å²) in [6, 6.07) is -1.18. The van der Waals surface area contributed by atoms with Crippen LogP contribution in [0.15, 0.2) is 0 Å². The Morgan fingerprint density at radius 1 is 1.43 bits per heavy atom. The molecule has 116 valence electrons. The molecular weight excluding hydrogens is 310 g/mol. The third kappa shape index (κ3) is 3.32. The van der Waals surface area contributed by atoms with Gasteiger partial charge in [-0.15, -0.1) is 23.1 Å². The van der Waals surface area contributed by atoms with E-state index in [9.17, 15) is 14.7 Å². The highest BCUT2D eigenvalue weighted by atomic mass is 32.2. The molecule has 2 N–H and O–H groups in total. The molecule has 2 rings (SSSR count). The number of anilines is 1. The van der Waals surface area contributed by atoms with E-state index in [-0.39, 0.29) is 17.3 Å². The number of carbonyl (C=O) groups excluding carboxylic acids is 1. The molecule has 2 atom stereocenters. The first-order valence-electron chi connectivity index (χ1n) is 6.69. The van der Waals surface area contributed by atoms with Crippen molar-refractivity contribution in [2.24, 2.45) is 5.92 Å². The standard InChI is InChI=1S/C13H19N3O3S2/c1-6(2)10-16(9(5-20-10)11(17)18)13(19)15-12-14-7(3)8(4)21-12/h6,9-10H,5H2,1-4H3,(H,17,18)(H,14,15,19). The maximum absolute atomic E-state index is 12.5. The Balaban J connectivity index is 2.18. The van der Waals surface area contributed by atoms with Gasteiger partial charge in [0.2, 0.25) is 0 Å². The van der Waals surface area contributed by atoms with Gasteiger partial charge < -0.3 is 5.11 Å². The summed E-state index contributed by atoms with van der Waals surface area (Å²) in [5, 5.41) is 12.4. The van der Waals surface area contributed by atoms with Gasteiger partial charge in [0.15, 0.2) is 5.13 Å². The molecule has 1 saturated heterocycles. The molecule has 0 aliphatic carbocycles. The second-order valence-corrected chi connectivity index (χ2v) is 7.67. The summed E-state index contributed by atoms with van der Waals surface area (Å²) in [4.78, 5) is 30.6. The Hall–Kier alpha value is -1.28. The second-order valence-electron chi connectivity index (χ2n) is 5.32. The Morgan fingerprint density at radius 2 is 2.10 bits per heavy atom. The molecule has 1 aliphatic rings. The summed E-state index contributed by atoms with van der Waals surface area (Å²) in [6.45, 7) is 7.79. The fourth-order valence-corrected chi connectivity index (χ4v) is 4.45. The topological polar surface area (TPSA) is 82.5 Å². The summed E-state index contributed by atoms with van der Waals surface area (Å²) >= 11 is 2.91. The molecule has 1 aromatic heterocycles. The molecule has 2 heterocycles. The lowest BCUT2D eigenvalue weighted by Gasteiger charge is -2.29. The van der Waals surface area contributed by atoms with Gasteiger partial charge in [-0.3, -0.25) is 10.2 Å². The quantitative estimate of drug-likeness (QED) is 0.891. The van der Waals surface area contributed by atoms with E-state index in [2.05, 4.69) is 10.3 Å². The van der Waals surface area contributed by atoms with Gasteiger partial charge in [0.1, 0.15) is 6.04 Å². The fourth-order valence-electron chi connectivity index (χ4n) is 2.17. The van der Waals surface area contributed by atoms with Crippen LogP contribution in [0.3, 0.4) is 0 Å². The van der Waals surface area contributed by atoms with Crippen molar-refractivity contribution < 1.29 is 14.7 Å². The molecule has 21 heavy (non-hydrogen) atoms. The first-order chi connectivity index (χ1) is 9.81. The van der Waals surface area contributed by atoms with E-state index in [0.29, 0.717) is 10.9 Å². The number of amides is 2. The number of rotatable bonds is 3. The summed E-state index contributed by atoms with van der Waals surface area (Å²) in [5.41, 5.74) is 0.876. The highest BCUT2D eigenvalue weighted by Crippen LogP contribution is 2.34. The molecule has 1 fully saturated rings. The first kappa shape index (κ1) is 16.1. The van der Waals surface area contributed by atoms with Crippen LogP contribution in [0, 0.1) is 19.8 Å². The molecular formula is C13H19N3O3S2. The van der Waals surface area contributed by atoms with E-state index in [1.165, 1.54) is 28.0 Å². The number of urea groups is 1. The number of hydrogen-bond acceptors (Lipinski definition) is 5. The second kappa shape index (κ2) is 6.23. The lowest BCUT2D eigenvalue weighted by Crippen LogP contribution is -2.49. The minimum atomic E-state index is -0.965. The van der Waals surface area contributed by atoms with Crippen LogP contribution in [-0.2, 0) is 4.79 Å². The van der Waals surface area contributed by atoms with Crippen molar-refractivity contribution >= 4 is 40.2 Å². The monoisotopic (exact) mass is 329 g/mol. The number of aryl methyl sites for hydroxylation is 2. The minimum absolute atomic E-state index is 0.131. The molecule has 6 nitrogen and oxygen atoms in total. The summed E-state index contributed by atoms with van der Waals surface area (Å²) < 4.78 is 0. The highest BCUT2D eigenvalue weighted by Gasteiger charge is 2.43. The van der Waals surface area contributed by atoms with Crippen molar-refractivity contribution in [2.45, 2.75) is 39.1 Å². The number of carboxylic acids is 1. The van der Waals surface area contributed by atoms with Crippen molar-refractivity contribution in [3.8, 4) is 0 Å². The number of thioether (sulfide) groups is 1. The number of nitrogens with one attached hydrogen (secondary N) is 1. The maximum atomic E-state index is 12.5. The SMILES string of the molecule is Cc1nc(NC(=O)N2C(C(=O)O)CSC2C(C)C)sc1C. The Bertz CT molecular complexity index is 539. The van der Waals surface area contributed by atoms with Gasteiger partial charge in [0.05, 0.1) is 11.1 Å². The van der Waals surface area contributed by atoms with E-state index < -0.39 is 12.0 Å². The number of nitrogens with zero attached hydrogens (tertiary/aromatic N) is 2. The summed E-state index contributed by atoms with van der Waals surface area (Å²) in [6.07, 6.45) is 0. The molecule has 0 aromatic carbocycles. The molecule has 0 spiro atoms. The lowest BCUT2D eigenvalue weighted by atomic mass is 10.2. The van der Waals surface area contributed by atoms with Crippen LogP contribution in [0.25, 0.3) is 0 Å². The van der Waals surface area contributed by atoms with Gasteiger partial charge in [-0.25, -0.2) is 14.6 Å². The minimum Gasteiger partial charge on any atom is -0.480 e. The zero-order valence-electron chi connectivity index (χ0n) is 12.4. The molecule has 1 aromatic rings. The third-order valence-corrected chi connectivity index (χ3v) is 5.98. The number of aromatic nitrogens is 1. The third-order valence-electron chi connectivity index (χ3n) is 3.37. The molecule has 0 saturated carbocycles. The van der Waals surface area contributed by atoms with Crippen LogP contribution >= 0.6 is 23.1 Å². The van der Waals surface area contributed by atoms with Gasteiger partial charge in [-0.05, 0) is 19.8 Å². The normalized spacial score (nSPS) is 21.9. The smallest absolute Gasteiger partial charge is 0.327 e. The van der Waals surface area contributed by atoms with Gasteiger partial charge in [0, 0.05) is 10.6 Å². The molecule has 2 unspecified atom stereocenters. The van der Waals surface area contributed by atoms with Crippen LogP contribution in [0.2, 0.25) is 0 Å². The number of aliphatic carboxylic acids is 1. The van der Waals surface area contributed by atoms with E-state index in [1.54, 1.807) is 0 Å². The molecule has 2 amide bonds. The van der Waals surface area contributed by atoms with E-state index in [4.69, 9.17) is 0 Å². The van der Waals surface area contributed by atoms with Gasteiger partial charge in [-0.2, -0.15) is 0 Å². The Morgan fingerprint density at radius 3 is 2.57 bits per heavy atom. The van der Waals surface area contributed by atoms with Crippen molar-refractivity contribution in [3.05, 3.63) is 10.6 Å². The summed E-state index contributed by atoms with van der Waals surface area (Å²) in [5.74, 6) is -0.362. The van der Waals surface area contributed by atoms with Crippen molar-refractivity contribution in [1.82, 2.24) is 9.88 Å². The van der Waals surface area contributed by atoms with Crippen molar-refractivity contribution in [2.75, 3.05) is 11.1 Å². The predicted octanol–water partition coefficient (Wildman–Crippen LogP) is 2.78. The first-order valence-corrected chi connectivity index (χ1v) is 8.55. The van der Waals surface area contributed by atoms with Crippen LogP contribution in [0.5, 0.6) is 0 Å². The zero-order chi connectivity index (χ0) is 15.7. The van der Waals surface area contributed by atoms with Crippen molar-refractivity contribution in [1.29, 1.82) is 0 Å². The van der Waals surface area contributed by atoms with Crippen LogP contribution in [0.4, 0.5) is 9.93 Å². The maximum Gasteiger partial charge on any atom is 0.327 e. The number of carboxylic acid groups (broad SMARTS) is 1. The van der Waals surface area contributed by atoms with E-state index >= 15 is 0 Å². The number of carbonyl (C=O) groups is 2.